The predicted molar refractivity (Wildman–Crippen MR) is 76.9 cm³/mol. The number of hydrogen-bond acceptors (Lipinski definition) is 1. The molecule has 19 heavy (non-hydrogen) atoms. The molecule has 1 atom stereocenters. The molecule has 1 heterocycles. The fourth-order valence-corrected chi connectivity index (χ4v) is 2.77. The lowest BCUT2D eigenvalue weighted by molar-refractivity contribution is 0.0999. The molecule has 1 aliphatic heterocycles. The summed E-state index contributed by atoms with van der Waals surface area (Å²) in [4.78, 5) is 16.5. The van der Waals surface area contributed by atoms with E-state index in [2.05, 4.69) is 24.9 Å². The standard InChI is InChI=1S/C17H15NO/c1-11-7-6-10-14-15(11)12(2)16(18-17(14)19)13-8-4-3-5-9-13/h3-10,12H,1-2H3. The number of carbonyl (C=O) groups excluding carboxylic acids is 1. The van der Waals surface area contributed by atoms with E-state index in [1.807, 2.05) is 42.5 Å². The van der Waals surface area contributed by atoms with Gasteiger partial charge in [0.1, 0.15) is 0 Å². The second kappa shape index (κ2) is 4.47. The summed E-state index contributed by atoms with van der Waals surface area (Å²) < 4.78 is 0. The number of amides is 1. The largest absolute Gasteiger partial charge is 0.277 e. The maximum absolute atomic E-state index is 12.2. The lowest BCUT2D eigenvalue weighted by atomic mass is 9.83. The van der Waals surface area contributed by atoms with Gasteiger partial charge >= 0.3 is 0 Å². The molecule has 2 aromatic carbocycles. The molecule has 0 N–H and O–H groups in total. The Labute approximate surface area is 112 Å². The second-order valence-corrected chi connectivity index (χ2v) is 4.93. The Morgan fingerprint density at radius 2 is 1.74 bits per heavy atom. The molecule has 3 rings (SSSR count). The van der Waals surface area contributed by atoms with E-state index in [0.29, 0.717) is 0 Å². The topological polar surface area (TPSA) is 29.4 Å². The maximum atomic E-state index is 12.2. The highest BCUT2D eigenvalue weighted by molar-refractivity contribution is 6.17. The minimum atomic E-state index is -0.129. The third-order valence-electron chi connectivity index (χ3n) is 3.69. The monoisotopic (exact) mass is 249 g/mol. The molecule has 0 aliphatic carbocycles. The molecule has 0 fully saturated rings. The quantitative estimate of drug-likeness (QED) is 0.757. The summed E-state index contributed by atoms with van der Waals surface area (Å²) in [7, 11) is 0. The van der Waals surface area contributed by atoms with E-state index < -0.39 is 0 Å². The van der Waals surface area contributed by atoms with Crippen LogP contribution in [0.15, 0.2) is 53.5 Å². The average Bonchev–Trinajstić information content (AvgIpc) is 2.43. The summed E-state index contributed by atoms with van der Waals surface area (Å²) in [5.41, 5.74) is 4.90. The van der Waals surface area contributed by atoms with Gasteiger partial charge < -0.3 is 0 Å². The van der Waals surface area contributed by atoms with Gasteiger partial charge in [0, 0.05) is 11.5 Å². The Hall–Kier alpha value is -2.22. The van der Waals surface area contributed by atoms with E-state index in [1.54, 1.807) is 0 Å². The highest BCUT2D eigenvalue weighted by Crippen LogP contribution is 2.31. The molecule has 2 aromatic rings. The lowest BCUT2D eigenvalue weighted by Crippen LogP contribution is -2.22. The zero-order valence-corrected chi connectivity index (χ0v) is 11.1. The Bertz CT molecular complexity index is 671. The van der Waals surface area contributed by atoms with Crippen molar-refractivity contribution < 1.29 is 4.79 Å². The summed E-state index contributed by atoms with van der Waals surface area (Å²) >= 11 is 0. The molecule has 1 aliphatic rings. The minimum absolute atomic E-state index is 0.129. The fraction of sp³-hybridized carbons (Fsp3) is 0.176. The number of aryl methyl sites for hydroxylation is 1. The zero-order valence-electron chi connectivity index (χ0n) is 11.1. The van der Waals surface area contributed by atoms with Crippen LogP contribution in [0, 0.1) is 6.92 Å². The fourth-order valence-electron chi connectivity index (χ4n) is 2.77. The molecule has 0 bridgehead atoms. The molecule has 2 heteroatoms. The molecule has 0 saturated heterocycles. The molecule has 94 valence electrons. The van der Waals surface area contributed by atoms with Gasteiger partial charge in [-0.1, -0.05) is 49.4 Å². The van der Waals surface area contributed by atoms with Gasteiger partial charge in [-0.15, -0.1) is 0 Å². The van der Waals surface area contributed by atoms with Crippen molar-refractivity contribution in [3.8, 4) is 0 Å². The van der Waals surface area contributed by atoms with Gasteiger partial charge in [-0.2, -0.15) is 0 Å². The molecule has 1 unspecified atom stereocenters. The van der Waals surface area contributed by atoms with Gasteiger partial charge in [0.05, 0.1) is 5.71 Å². The van der Waals surface area contributed by atoms with E-state index in [4.69, 9.17) is 0 Å². The van der Waals surface area contributed by atoms with E-state index in [9.17, 15) is 4.79 Å². The van der Waals surface area contributed by atoms with Crippen molar-refractivity contribution in [3.63, 3.8) is 0 Å². The van der Waals surface area contributed by atoms with Crippen LogP contribution in [0.1, 0.15) is 39.9 Å². The molecule has 0 saturated carbocycles. The van der Waals surface area contributed by atoms with Crippen LogP contribution < -0.4 is 0 Å². The van der Waals surface area contributed by atoms with Gasteiger partial charge in [-0.05, 0) is 29.7 Å². The van der Waals surface area contributed by atoms with Gasteiger partial charge in [0.25, 0.3) is 5.91 Å². The van der Waals surface area contributed by atoms with E-state index in [0.717, 1.165) is 28.0 Å². The summed E-state index contributed by atoms with van der Waals surface area (Å²) in [6.45, 7) is 4.17. The number of hydrogen-bond donors (Lipinski definition) is 0. The Morgan fingerprint density at radius 3 is 2.47 bits per heavy atom. The zero-order chi connectivity index (χ0) is 13.4. The van der Waals surface area contributed by atoms with Crippen LogP contribution in [0.25, 0.3) is 0 Å². The summed E-state index contributed by atoms with van der Waals surface area (Å²) in [5.74, 6) is 0.0203. The van der Waals surface area contributed by atoms with Crippen LogP contribution in [0.3, 0.4) is 0 Å². The summed E-state index contributed by atoms with van der Waals surface area (Å²) in [6, 6.07) is 15.8. The Morgan fingerprint density at radius 1 is 1.00 bits per heavy atom. The minimum Gasteiger partial charge on any atom is -0.267 e. The van der Waals surface area contributed by atoms with Crippen LogP contribution in [0.5, 0.6) is 0 Å². The Kier molecular flexibility index (Phi) is 2.79. The van der Waals surface area contributed by atoms with Crippen LogP contribution in [0.2, 0.25) is 0 Å². The van der Waals surface area contributed by atoms with Crippen LogP contribution >= 0.6 is 0 Å². The smallest absolute Gasteiger partial charge is 0.267 e. The lowest BCUT2D eigenvalue weighted by Gasteiger charge is -2.24. The van der Waals surface area contributed by atoms with Crippen molar-refractivity contribution in [1.29, 1.82) is 0 Å². The SMILES string of the molecule is Cc1cccc2c1C(C)C(c1ccccc1)=NC2=O. The van der Waals surface area contributed by atoms with Crippen molar-refractivity contribution in [2.24, 2.45) is 4.99 Å². The number of fused-ring (bicyclic) bond motifs is 1. The first-order valence-electron chi connectivity index (χ1n) is 6.46. The first kappa shape index (κ1) is 11.8. The van der Waals surface area contributed by atoms with Gasteiger partial charge in [0.15, 0.2) is 0 Å². The number of carbonyl (C=O) groups is 1. The Balaban J connectivity index is 2.17. The molecular weight excluding hydrogens is 234 g/mol. The number of rotatable bonds is 1. The van der Waals surface area contributed by atoms with E-state index in [-0.39, 0.29) is 11.8 Å². The van der Waals surface area contributed by atoms with Crippen molar-refractivity contribution in [2.45, 2.75) is 19.8 Å². The molecule has 1 amide bonds. The predicted octanol–water partition coefficient (Wildman–Crippen LogP) is 3.74. The molecular formula is C17H15NO. The van der Waals surface area contributed by atoms with Crippen molar-refractivity contribution in [2.75, 3.05) is 0 Å². The highest BCUT2D eigenvalue weighted by Gasteiger charge is 2.27. The first-order chi connectivity index (χ1) is 9.18. The third-order valence-corrected chi connectivity index (χ3v) is 3.69. The normalized spacial score (nSPS) is 17.9. The van der Waals surface area contributed by atoms with Gasteiger partial charge in [-0.3, -0.25) is 4.79 Å². The molecule has 2 nitrogen and oxygen atoms in total. The summed E-state index contributed by atoms with van der Waals surface area (Å²) in [5, 5.41) is 0. The third kappa shape index (κ3) is 1.89. The number of nitrogens with zero attached hydrogens (tertiary/aromatic N) is 1. The number of aliphatic imine (C=N–C) groups is 1. The van der Waals surface area contributed by atoms with Crippen molar-refractivity contribution in [1.82, 2.24) is 0 Å². The second-order valence-electron chi connectivity index (χ2n) is 4.93. The highest BCUT2D eigenvalue weighted by atomic mass is 16.1. The number of benzene rings is 2. The van der Waals surface area contributed by atoms with Crippen molar-refractivity contribution >= 4 is 11.6 Å². The van der Waals surface area contributed by atoms with E-state index >= 15 is 0 Å². The maximum Gasteiger partial charge on any atom is 0.277 e. The molecule has 0 radical (unpaired) electrons. The van der Waals surface area contributed by atoms with Crippen LogP contribution in [-0.2, 0) is 0 Å². The van der Waals surface area contributed by atoms with Crippen LogP contribution in [0.4, 0.5) is 0 Å². The molecule has 0 aromatic heterocycles. The van der Waals surface area contributed by atoms with Crippen molar-refractivity contribution in [3.05, 3.63) is 70.8 Å². The van der Waals surface area contributed by atoms with Gasteiger partial charge in [0.2, 0.25) is 0 Å². The van der Waals surface area contributed by atoms with E-state index in [1.165, 1.54) is 0 Å². The van der Waals surface area contributed by atoms with Crippen LogP contribution in [-0.4, -0.2) is 11.6 Å². The average molecular weight is 249 g/mol. The molecule has 0 spiro atoms. The van der Waals surface area contributed by atoms with Gasteiger partial charge in [-0.25, -0.2) is 4.99 Å². The first-order valence-corrected chi connectivity index (χ1v) is 6.46. The summed E-state index contributed by atoms with van der Waals surface area (Å²) in [6.07, 6.45) is 0.